The molecule has 3 heterocycles. The number of hydrogen-bond donors (Lipinski definition) is 0. The molecule has 4 rings (SSSR count). The van der Waals surface area contributed by atoms with Gasteiger partial charge in [-0.2, -0.15) is 31.8 Å². The van der Waals surface area contributed by atoms with Gasteiger partial charge in [-0.3, -0.25) is 19.3 Å². The first-order chi connectivity index (χ1) is 16.1. The predicted molar refractivity (Wildman–Crippen MR) is 128 cm³/mol. The molecule has 1 amide bonds. The molecule has 7 nitrogen and oxygen atoms in total. The smallest absolute Gasteiger partial charge is 0.380 e. The fourth-order valence-electron chi connectivity index (χ4n) is 3.93. The Bertz CT molecular complexity index is 1270. The fourth-order valence-corrected chi connectivity index (χ4v) is 4.22. The van der Waals surface area contributed by atoms with Gasteiger partial charge in [0.15, 0.2) is 5.78 Å². The molecule has 186 valence electrons. The Morgan fingerprint density at radius 1 is 1.23 bits per heavy atom. The summed E-state index contributed by atoms with van der Waals surface area (Å²) in [7, 11) is 1.54. The van der Waals surface area contributed by atoms with E-state index in [1.165, 1.54) is 35.2 Å². The summed E-state index contributed by atoms with van der Waals surface area (Å²) < 4.78 is 45.8. The van der Waals surface area contributed by atoms with Crippen LogP contribution >= 0.6 is 25.1 Å². The highest BCUT2D eigenvalue weighted by Crippen LogP contribution is 2.38. The zero-order valence-electron chi connectivity index (χ0n) is 18.8. The number of ketones is 1. The number of methoxy groups -OCH3 is 1. The molecule has 3 aromatic rings. The van der Waals surface area contributed by atoms with Crippen LogP contribution in [0.5, 0.6) is 0 Å². The second-order valence-electron chi connectivity index (χ2n) is 8.00. The third-order valence-electron chi connectivity index (χ3n) is 5.53. The summed E-state index contributed by atoms with van der Waals surface area (Å²) in [4.78, 5) is 31.7. The molecular formula is C23H22ClF3N4O3S. The molecule has 1 aliphatic heterocycles. The molecule has 1 aliphatic rings. The van der Waals surface area contributed by atoms with E-state index in [4.69, 9.17) is 16.3 Å². The second-order valence-corrected chi connectivity index (χ2v) is 8.41. The number of alkyl halides is 3. The van der Waals surface area contributed by atoms with Crippen LogP contribution in [-0.2, 0) is 23.9 Å². The third kappa shape index (κ3) is 5.36. The van der Waals surface area contributed by atoms with Gasteiger partial charge < -0.3 is 9.64 Å². The number of ether oxygens (including phenoxy) is 1. The quantitative estimate of drug-likeness (QED) is 0.429. The van der Waals surface area contributed by atoms with Crippen molar-refractivity contribution in [2.45, 2.75) is 32.2 Å². The molecule has 0 N–H and O–H groups in total. The van der Waals surface area contributed by atoms with Crippen LogP contribution < -0.4 is 4.90 Å². The number of fused-ring (bicyclic) bond motifs is 1. The molecule has 0 spiro atoms. The van der Waals surface area contributed by atoms with E-state index < -0.39 is 22.7 Å². The van der Waals surface area contributed by atoms with E-state index in [2.05, 4.69) is 10.1 Å². The van der Waals surface area contributed by atoms with Crippen LogP contribution in [0.3, 0.4) is 0 Å². The highest BCUT2D eigenvalue weighted by molar-refractivity contribution is 7.59. The number of pyridine rings is 1. The Morgan fingerprint density at radius 2 is 1.97 bits per heavy atom. The highest BCUT2D eigenvalue weighted by atomic mass is 35.5. The van der Waals surface area contributed by atoms with Gasteiger partial charge >= 0.3 is 6.18 Å². The van der Waals surface area contributed by atoms with Crippen molar-refractivity contribution in [3.05, 3.63) is 75.8 Å². The van der Waals surface area contributed by atoms with E-state index in [0.29, 0.717) is 17.7 Å². The molecule has 1 aromatic carbocycles. The molecule has 1 atom stereocenters. The van der Waals surface area contributed by atoms with Crippen molar-refractivity contribution in [1.82, 2.24) is 14.8 Å². The topological polar surface area (TPSA) is 77.3 Å². The first-order valence-electron chi connectivity index (χ1n) is 10.3. The van der Waals surface area contributed by atoms with Gasteiger partial charge in [0.25, 0.3) is 5.91 Å². The molecule has 12 heteroatoms. The minimum absolute atomic E-state index is 0. The van der Waals surface area contributed by atoms with E-state index in [1.54, 1.807) is 12.3 Å². The largest absolute Gasteiger partial charge is 0.417 e. The third-order valence-corrected chi connectivity index (χ3v) is 5.84. The summed E-state index contributed by atoms with van der Waals surface area (Å²) in [5.74, 6) is -0.725. The van der Waals surface area contributed by atoms with Gasteiger partial charge in [-0.1, -0.05) is 11.6 Å². The number of amides is 1. The maximum absolute atomic E-state index is 13.4. The summed E-state index contributed by atoms with van der Waals surface area (Å²) in [6.07, 6.45) is -0.181. The van der Waals surface area contributed by atoms with Gasteiger partial charge in [-0.05, 0) is 36.8 Å². The lowest BCUT2D eigenvalue weighted by Crippen LogP contribution is -2.43. The van der Waals surface area contributed by atoms with Crippen molar-refractivity contribution in [2.75, 3.05) is 18.6 Å². The average Bonchev–Trinajstić information content (AvgIpc) is 3.20. The molecule has 0 radical (unpaired) electrons. The number of halogens is 4. The van der Waals surface area contributed by atoms with E-state index in [-0.39, 0.29) is 49.7 Å². The first-order valence-corrected chi connectivity index (χ1v) is 10.7. The van der Waals surface area contributed by atoms with Crippen LogP contribution in [0.1, 0.15) is 50.5 Å². The van der Waals surface area contributed by atoms with Gasteiger partial charge in [0.05, 0.1) is 29.4 Å². The molecule has 0 fully saturated rings. The normalized spacial score (nSPS) is 15.5. The molecule has 0 saturated carbocycles. The van der Waals surface area contributed by atoms with E-state index in [0.717, 1.165) is 17.7 Å². The minimum atomic E-state index is -4.60. The zero-order chi connectivity index (χ0) is 24.6. The average molecular weight is 527 g/mol. The van der Waals surface area contributed by atoms with Gasteiger partial charge in [0.1, 0.15) is 5.69 Å². The minimum Gasteiger partial charge on any atom is -0.380 e. The van der Waals surface area contributed by atoms with E-state index in [1.807, 2.05) is 6.92 Å². The lowest BCUT2D eigenvalue weighted by Gasteiger charge is -2.32. The van der Waals surface area contributed by atoms with E-state index >= 15 is 0 Å². The van der Waals surface area contributed by atoms with E-state index in [9.17, 15) is 22.8 Å². The summed E-state index contributed by atoms with van der Waals surface area (Å²) in [5.41, 5.74) is 0.996. The molecular weight excluding hydrogens is 505 g/mol. The summed E-state index contributed by atoms with van der Waals surface area (Å²) in [6, 6.07) is 4.59. The SMILES string of the molecule is COCc1cncc(C(=O)Cc2cnn3c2C(=O)N(c2ccc(C(F)(F)F)c(Cl)c2)C[C@@H]3C)c1.S. The van der Waals surface area contributed by atoms with Crippen LogP contribution in [0.15, 0.2) is 42.9 Å². The Morgan fingerprint density at radius 3 is 2.63 bits per heavy atom. The highest BCUT2D eigenvalue weighted by Gasteiger charge is 2.36. The number of Topliss-reactive ketones (excluding diaryl/α,β-unsaturated/α-hetero) is 1. The number of carbonyl (C=O) groups is 2. The number of anilines is 1. The molecule has 2 aromatic heterocycles. The number of rotatable bonds is 6. The molecule has 0 saturated heterocycles. The number of carbonyl (C=O) groups excluding carboxylic acids is 2. The molecule has 0 aliphatic carbocycles. The van der Waals surface area contributed by atoms with Gasteiger partial charge in [-0.15, -0.1) is 0 Å². The van der Waals surface area contributed by atoms with Crippen LogP contribution in [0, 0.1) is 0 Å². The zero-order valence-corrected chi connectivity index (χ0v) is 20.5. The fraction of sp³-hybridized carbons (Fsp3) is 0.304. The van der Waals surface area contributed by atoms with Crippen molar-refractivity contribution in [3.8, 4) is 0 Å². The van der Waals surface area contributed by atoms with Crippen LogP contribution in [0.25, 0.3) is 0 Å². The summed E-state index contributed by atoms with van der Waals surface area (Å²) >= 11 is 5.86. The Hall–Kier alpha value is -2.89. The summed E-state index contributed by atoms with van der Waals surface area (Å²) in [5, 5.41) is 3.78. The Balaban J connectivity index is 0.00000342. The lowest BCUT2D eigenvalue weighted by molar-refractivity contribution is -0.137. The molecule has 0 unspecified atom stereocenters. The Kier molecular flexibility index (Phi) is 7.93. The number of aromatic nitrogens is 3. The van der Waals surface area contributed by atoms with Crippen molar-refractivity contribution in [1.29, 1.82) is 0 Å². The van der Waals surface area contributed by atoms with Gasteiger partial charge in [-0.25, -0.2) is 0 Å². The first kappa shape index (κ1) is 26.7. The number of benzene rings is 1. The monoisotopic (exact) mass is 526 g/mol. The number of hydrogen-bond acceptors (Lipinski definition) is 5. The second kappa shape index (κ2) is 10.4. The molecule has 0 bridgehead atoms. The maximum atomic E-state index is 13.4. The van der Waals surface area contributed by atoms with Crippen molar-refractivity contribution >= 4 is 42.5 Å². The lowest BCUT2D eigenvalue weighted by atomic mass is 10.0. The van der Waals surface area contributed by atoms with Crippen molar-refractivity contribution < 1.29 is 27.5 Å². The van der Waals surface area contributed by atoms with Gasteiger partial charge in [0.2, 0.25) is 0 Å². The summed E-state index contributed by atoms with van der Waals surface area (Å²) in [6.45, 7) is 2.31. The van der Waals surface area contributed by atoms with Gasteiger partial charge in [0, 0.05) is 49.3 Å². The van der Waals surface area contributed by atoms with Crippen LogP contribution in [-0.4, -0.2) is 40.1 Å². The maximum Gasteiger partial charge on any atom is 0.417 e. The van der Waals surface area contributed by atoms with Crippen molar-refractivity contribution in [3.63, 3.8) is 0 Å². The van der Waals surface area contributed by atoms with Crippen LogP contribution in [0.4, 0.5) is 18.9 Å². The molecule has 35 heavy (non-hydrogen) atoms. The Labute approximate surface area is 211 Å². The predicted octanol–water partition coefficient (Wildman–Crippen LogP) is 4.86. The van der Waals surface area contributed by atoms with Crippen molar-refractivity contribution in [2.24, 2.45) is 0 Å². The number of nitrogens with zero attached hydrogens (tertiary/aromatic N) is 4. The van der Waals surface area contributed by atoms with Crippen LogP contribution in [0.2, 0.25) is 5.02 Å². The standard InChI is InChI=1S/C23H20ClF3N4O3.H2S/c1-13-11-30(17-3-4-18(19(24)7-17)23(25,26)27)22(33)21-16(10-29-31(13)21)6-20(32)15-5-14(12-34-2)8-28-9-15;/h3-5,7-10,13H,6,11-12H2,1-2H3;1H2/t13-;/m0./s1.